The average Bonchev–Trinajstić information content (AvgIpc) is 3.34. The van der Waals surface area contributed by atoms with Crippen LogP contribution in [-0.4, -0.2) is 44.2 Å². The fourth-order valence-corrected chi connectivity index (χ4v) is 4.82. The van der Waals surface area contributed by atoms with Gasteiger partial charge in [-0.2, -0.15) is 0 Å². The standard InChI is InChI=1S/C28H28F2N6O/c1-28(2,37)16-19-5-4-17(14-21(19)29)24-25(18-6-7-23(32-3)22(30)15-18)34-27(36-13-10-33-26(24)36)35-11-8-20(31)9-12-35/h4-7,10,13-15,20,37H,8-9,11-12,16,31H2,1-2H3. The summed E-state index contributed by atoms with van der Waals surface area (Å²) in [5, 5.41) is 10.2. The summed E-state index contributed by atoms with van der Waals surface area (Å²) >= 11 is 0. The first-order valence-corrected chi connectivity index (χ1v) is 12.2. The predicted molar refractivity (Wildman–Crippen MR) is 139 cm³/mol. The molecule has 2 aromatic carbocycles. The quantitative estimate of drug-likeness (QED) is 0.370. The van der Waals surface area contributed by atoms with Gasteiger partial charge in [0.1, 0.15) is 17.3 Å². The van der Waals surface area contributed by atoms with E-state index in [-0.39, 0.29) is 18.2 Å². The number of hydrogen-bond acceptors (Lipinski definition) is 5. The number of piperidine rings is 1. The zero-order valence-corrected chi connectivity index (χ0v) is 20.7. The maximum atomic E-state index is 15.2. The summed E-state index contributed by atoms with van der Waals surface area (Å²) in [7, 11) is 0. The Balaban J connectivity index is 1.73. The van der Waals surface area contributed by atoms with Crippen molar-refractivity contribution in [1.82, 2.24) is 14.4 Å². The topological polar surface area (TPSA) is 84.0 Å². The van der Waals surface area contributed by atoms with Gasteiger partial charge >= 0.3 is 0 Å². The molecule has 0 spiro atoms. The van der Waals surface area contributed by atoms with Crippen molar-refractivity contribution in [1.29, 1.82) is 0 Å². The summed E-state index contributed by atoms with van der Waals surface area (Å²) in [4.78, 5) is 14.9. The van der Waals surface area contributed by atoms with Crippen LogP contribution in [0.3, 0.4) is 0 Å². The molecule has 4 aromatic rings. The molecule has 3 N–H and O–H groups in total. The SMILES string of the molecule is [C-]#[N+]c1ccc(-c2nc(N3CCC(N)CC3)n3ccnc3c2-c2ccc(CC(C)(C)O)c(F)c2)cc1F. The molecule has 0 radical (unpaired) electrons. The molecule has 2 aromatic heterocycles. The number of aromatic nitrogens is 3. The fraction of sp³-hybridized carbons (Fsp3) is 0.321. The average molecular weight is 503 g/mol. The van der Waals surface area contributed by atoms with E-state index in [2.05, 4.69) is 14.7 Å². The highest BCUT2D eigenvalue weighted by Crippen LogP contribution is 2.38. The third kappa shape index (κ3) is 4.90. The van der Waals surface area contributed by atoms with E-state index >= 15 is 4.39 Å². The van der Waals surface area contributed by atoms with Gasteiger partial charge in [0.15, 0.2) is 0 Å². The van der Waals surface area contributed by atoms with Crippen LogP contribution in [0.1, 0.15) is 32.3 Å². The van der Waals surface area contributed by atoms with Gasteiger partial charge in [-0.1, -0.05) is 24.3 Å². The van der Waals surface area contributed by atoms with Crippen LogP contribution in [0.25, 0.3) is 32.9 Å². The Labute approximate surface area is 214 Å². The lowest BCUT2D eigenvalue weighted by Crippen LogP contribution is -2.40. The van der Waals surface area contributed by atoms with E-state index in [1.165, 1.54) is 18.2 Å². The molecule has 0 unspecified atom stereocenters. The lowest BCUT2D eigenvalue weighted by Gasteiger charge is -2.32. The highest BCUT2D eigenvalue weighted by molar-refractivity contribution is 5.91. The van der Waals surface area contributed by atoms with Crippen molar-refractivity contribution in [3.8, 4) is 22.4 Å². The second-order valence-corrected chi connectivity index (χ2v) is 10.2. The van der Waals surface area contributed by atoms with Crippen LogP contribution in [0.2, 0.25) is 0 Å². The van der Waals surface area contributed by atoms with Gasteiger partial charge in [0.05, 0.1) is 23.4 Å². The van der Waals surface area contributed by atoms with Crippen LogP contribution >= 0.6 is 0 Å². The number of nitrogens with zero attached hydrogens (tertiary/aromatic N) is 5. The van der Waals surface area contributed by atoms with Gasteiger partial charge in [-0.05, 0) is 49.9 Å². The summed E-state index contributed by atoms with van der Waals surface area (Å²) in [6, 6.07) is 9.31. The van der Waals surface area contributed by atoms with Crippen LogP contribution in [0.5, 0.6) is 0 Å². The van der Waals surface area contributed by atoms with Crippen LogP contribution in [0.4, 0.5) is 20.4 Å². The fourth-order valence-electron chi connectivity index (χ4n) is 4.82. The van der Waals surface area contributed by atoms with E-state index in [1.807, 2.05) is 4.40 Å². The van der Waals surface area contributed by atoms with Gasteiger partial charge in [0.2, 0.25) is 11.6 Å². The summed E-state index contributed by atoms with van der Waals surface area (Å²) in [5.41, 5.74) is 7.88. The highest BCUT2D eigenvalue weighted by atomic mass is 19.1. The van der Waals surface area contributed by atoms with E-state index in [0.717, 1.165) is 12.8 Å². The van der Waals surface area contributed by atoms with Crippen molar-refractivity contribution in [2.24, 2.45) is 5.73 Å². The third-order valence-corrected chi connectivity index (χ3v) is 6.66. The number of anilines is 1. The molecule has 1 aliphatic heterocycles. The number of benzene rings is 2. The van der Waals surface area contributed by atoms with E-state index in [9.17, 15) is 9.50 Å². The first kappa shape index (κ1) is 24.8. The maximum absolute atomic E-state index is 15.2. The van der Waals surface area contributed by atoms with Crippen molar-refractivity contribution < 1.29 is 13.9 Å². The van der Waals surface area contributed by atoms with Gasteiger partial charge in [-0.3, -0.25) is 4.40 Å². The summed E-state index contributed by atoms with van der Waals surface area (Å²) in [5.74, 6) is -0.466. The molecule has 0 bridgehead atoms. The molecule has 1 fully saturated rings. The molecule has 7 nitrogen and oxygen atoms in total. The number of nitrogens with two attached hydrogens (primary N) is 1. The minimum Gasteiger partial charge on any atom is -0.390 e. The van der Waals surface area contributed by atoms with Crippen LogP contribution in [0.15, 0.2) is 48.8 Å². The number of halogens is 2. The highest BCUT2D eigenvalue weighted by Gasteiger charge is 2.25. The Morgan fingerprint density at radius 1 is 1.11 bits per heavy atom. The van der Waals surface area contributed by atoms with Gasteiger partial charge in [0.25, 0.3) is 0 Å². The van der Waals surface area contributed by atoms with Gasteiger partial charge in [-0.25, -0.2) is 23.6 Å². The van der Waals surface area contributed by atoms with Gasteiger partial charge in [0, 0.05) is 43.5 Å². The molecule has 0 atom stereocenters. The molecular formula is C28H28F2N6O. The molecule has 9 heteroatoms. The third-order valence-electron chi connectivity index (χ3n) is 6.66. The van der Waals surface area contributed by atoms with Crippen molar-refractivity contribution in [3.63, 3.8) is 0 Å². The van der Waals surface area contributed by atoms with Crippen LogP contribution < -0.4 is 10.6 Å². The van der Waals surface area contributed by atoms with E-state index in [0.29, 0.717) is 52.6 Å². The molecule has 37 heavy (non-hydrogen) atoms. The molecule has 5 rings (SSSR count). The zero-order valence-electron chi connectivity index (χ0n) is 20.7. The Morgan fingerprint density at radius 2 is 1.81 bits per heavy atom. The number of rotatable bonds is 5. The molecular weight excluding hydrogens is 474 g/mol. The van der Waals surface area contributed by atoms with Crippen molar-refractivity contribution in [2.75, 3.05) is 18.0 Å². The summed E-state index contributed by atoms with van der Waals surface area (Å²) in [6.07, 6.45) is 5.25. The minimum atomic E-state index is -1.06. The lowest BCUT2D eigenvalue weighted by molar-refractivity contribution is 0.0800. The monoisotopic (exact) mass is 502 g/mol. The Bertz CT molecular complexity index is 1510. The second kappa shape index (κ2) is 9.54. The molecule has 1 saturated heterocycles. The molecule has 0 saturated carbocycles. The van der Waals surface area contributed by atoms with E-state index in [4.69, 9.17) is 17.3 Å². The molecule has 190 valence electrons. The van der Waals surface area contributed by atoms with Crippen molar-refractivity contribution >= 4 is 17.3 Å². The predicted octanol–water partition coefficient (Wildman–Crippen LogP) is 5.13. The number of hydrogen-bond donors (Lipinski definition) is 2. The normalized spacial score (nSPS) is 14.8. The van der Waals surface area contributed by atoms with Gasteiger partial charge in [-0.15, -0.1) is 0 Å². The second-order valence-electron chi connectivity index (χ2n) is 10.2. The van der Waals surface area contributed by atoms with Crippen molar-refractivity contribution in [3.05, 3.63) is 77.4 Å². The first-order valence-electron chi connectivity index (χ1n) is 12.2. The molecule has 0 amide bonds. The number of imidazole rings is 1. The smallest absolute Gasteiger partial charge is 0.222 e. The Morgan fingerprint density at radius 3 is 2.46 bits per heavy atom. The number of fused-ring (bicyclic) bond motifs is 1. The molecule has 0 aliphatic carbocycles. The summed E-state index contributed by atoms with van der Waals surface area (Å²) < 4.78 is 31.8. The zero-order chi connectivity index (χ0) is 26.3. The van der Waals surface area contributed by atoms with E-state index < -0.39 is 17.2 Å². The Hall–Kier alpha value is -3.87. The lowest BCUT2D eigenvalue weighted by atomic mass is 9.94. The summed E-state index contributed by atoms with van der Waals surface area (Å²) in [6.45, 7) is 11.9. The van der Waals surface area contributed by atoms with Crippen LogP contribution in [0, 0.1) is 18.2 Å². The molecule has 1 aliphatic rings. The number of aliphatic hydroxyl groups is 1. The van der Waals surface area contributed by atoms with E-state index in [1.54, 1.807) is 44.4 Å². The van der Waals surface area contributed by atoms with Crippen LogP contribution in [-0.2, 0) is 6.42 Å². The maximum Gasteiger partial charge on any atom is 0.222 e. The van der Waals surface area contributed by atoms with Crippen molar-refractivity contribution in [2.45, 2.75) is 44.8 Å². The first-order chi connectivity index (χ1) is 17.6. The minimum absolute atomic E-state index is 0.0838. The van der Waals surface area contributed by atoms with Gasteiger partial charge < -0.3 is 15.7 Å². The largest absolute Gasteiger partial charge is 0.390 e. The molecule has 3 heterocycles. The Kier molecular flexibility index (Phi) is 6.40.